The molecule has 0 radical (unpaired) electrons. The van der Waals surface area contributed by atoms with E-state index in [1.165, 1.54) is 0 Å². The molecule has 1 N–H and O–H groups in total. The van der Waals surface area contributed by atoms with E-state index in [0.717, 1.165) is 13.2 Å². The Hall–Kier alpha value is -1.79. The highest BCUT2D eigenvalue weighted by Gasteiger charge is 2.32. The van der Waals surface area contributed by atoms with Gasteiger partial charge in [-0.25, -0.2) is 0 Å². The minimum Gasteiger partial charge on any atom is -0.469 e. The van der Waals surface area contributed by atoms with Crippen molar-refractivity contribution in [2.75, 3.05) is 7.11 Å². The van der Waals surface area contributed by atoms with Crippen LogP contribution < -0.4 is 5.56 Å². The molecule has 0 aliphatic carbocycles. The van der Waals surface area contributed by atoms with Gasteiger partial charge in [-0.05, 0) is 11.6 Å². The highest BCUT2D eigenvalue weighted by molar-refractivity contribution is 5.72. The molecule has 1 aromatic heterocycles. The molecule has 0 atom stereocenters. The lowest BCUT2D eigenvalue weighted by Crippen LogP contribution is -2.18. The quantitative estimate of drug-likeness (QED) is 0.781. The van der Waals surface area contributed by atoms with E-state index >= 15 is 0 Å². The fraction of sp³-hybridized carbons (Fsp3) is 0.333. The number of nitrogens with one attached hydrogen (secondary N) is 1. The van der Waals surface area contributed by atoms with Crippen LogP contribution in [0.3, 0.4) is 0 Å². The van der Waals surface area contributed by atoms with Crippen LogP contribution in [0, 0.1) is 0 Å². The van der Waals surface area contributed by atoms with Crippen molar-refractivity contribution in [2.45, 2.75) is 12.6 Å². The van der Waals surface area contributed by atoms with Crippen LogP contribution in [0.2, 0.25) is 0 Å². The molecule has 0 bridgehead atoms. The molecule has 0 unspecified atom stereocenters. The monoisotopic (exact) mass is 235 g/mol. The summed E-state index contributed by atoms with van der Waals surface area (Å²) in [6.45, 7) is 0. The van der Waals surface area contributed by atoms with Crippen LogP contribution in [0.25, 0.3) is 0 Å². The van der Waals surface area contributed by atoms with Gasteiger partial charge in [0.1, 0.15) is 5.69 Å². The third-order valence-electron chi connectivity index (χ3n) is 1.79. The normalized spacial score (nSPS) is 11.2. The molecule has 0 saturated carbocycles. The number of ether oxygens (including phenoxy) is 1. The highest BCUT2D eigenvalue weighted by atomic mass is 19.4. The number of carbonyl (C=O) groups excluding carboxylic acids is 1. The minimum atomic E-state index is -4.65. The van der Waals surface area contributed by atoms with Gasteiger partial charge in [0.15, 0.2) is 0 Å². The predicted molar refractivity (Wildman–Crippen MR) is 47.8 cm³/mol. The third kappa shape index (κ3) is 3.11. The predicted octanol–water partition coefficient (Wildman–Crippen LogP) is 1.11. The van der Waals surface area contributed by atoms with Crippen molar-refractivity contribution >= 4 is 5.97 Å². The van der Waals surface area contributed by atoms with E-state index in [-0.39, 0.29) is 12.0 Å². The van der Waals surface area contributed by atoms with Gasteiger partial charge in [-0.1, -0.05) is 0 Å². The van der Waals surface area contributed by atoms with Gasteiger partial charge >= 0.3 is 12.1 Å². The molecule has 1 aromatic rings. The van der Waals surface area contributed by atoms with Crippen molar-refractivity contribution < 1.29 is 22.7 Å². The maximum absolute atomic E-state index is 12.3. The number of aromatic amines is 1. The Morgan fingerprint density at radius 2 is 2.06 bits per heavy atom. The average molecular weight is 235 g/mol. The molecule has 0 amide bonds. The number of hydrogen-bond acceptors (Lipinski definition) is 3. The van der Waals surface area contributed by atoms with Gasteiger partial charge in [-0.2, -0.15) is 13.2 Å². The van der Waals surface area contributed by atoms with Crippen molar-refractivity contribution in [3.63, 3.8) is 0 Å². The van der Waals surface area contributed by atoms with Gasteiger partial charge in [0.05, 0.1) is 13.5 Å². The Balaban J connectivity index is 3.09. The zero-order chi connectivity index (χ0) is 12.3. The second kappa shape index (κ2) is 4.38. The van der Waals surface area contributed by atoms with Gasteiger partial charge in [0, 0.05) is 6.07 Å². The smallest absolute Gasteiger partial charge is 0.431 e. The summed E-state index contributed by atoms with van der Waals surface area (Å²) >= 11 is 0. The fourth-order valence-corrected chi connectivity index (χ4v) is 1.09. The summed E-state index contributed by atoms with van der Waals surface area (Å²) in [6.07, 6.45) is -5.02. The maximum atomic E-state index is 12.3. The van der Waals surface area contributed by atoms with Crippen LogP contribution in [0.1, 0.15) is 11.3 Å². The number of aromatic nitrogens is 1. The Kier molecular flexibility index (Phi) is 3.36. The molecule has 1 rings (SSSR count). The van der Waals surface area contributed by atoms with Crippen molar-refractivity contribution in [3.8, 4) is 0 Å². The Morgan fingerprint density at radius 1 is 1.44 bits per heavy atom. The van der Waals surface area contributed by atoms with Crippen molar-refractivity contribution in [1.82, 2.24) is 4.98 Å². The van der Waals surface area contributed by atoms with E-state index in [9.17, 15) is 22.8 Å². The van der Waals surface area contributed by atoms with Crippen LogP contribution in [0.15, 0.2) is 16.9 Å². The van der Waals surface area contributed by atoms with Gasteiger partial charge in [0.25, 0.3) is 0 Å². The zero-order valence-electron chi connectivity index (χ0n) is 8.22. The summed E-state index contributed by atoms with van der Waals surface area (Å²) in [4.78, 5) is 23.4. The largest absolute Gasteiger partial charge is 0.469 e. The number of hydrogen-bond donors (Lipinski definition) is 1. The summed E-state index contributed by atoms with van der Waals surface area (Å²) < 4.78 is 41.1. The number of pyridine rings is 1. The number of H-pyrrole nitrogens is 1. The van der Waals surface area contributed by atoms with Crippen LogP contribution in [0.4, 0.5) is 13.2 Å². The number of esters is 1. The molecule has 0 spiro atoms. The summed E-state index contributed by atoms with van der Waals surface area (Å²) in [6, 6.07) is 1.63. The number of halogens is 3. The molecule has 0 aromatic carbocycles. The van der Waals surface area contributed by atoms with E-state index in [1.807, 2.05) is 0 Å². The van der Waals surface area contributed by atoms with E-state index in [4.69, 9.17) is 0 Å². The van der Waals surface area contributed by atoms with E-state index in [1.54, 1.807) is 4.98 Å². The van der Waals surface area contributed by atoms with Crippen LogP contribution >= 0.6 is 0 Å². The van der Waals surface area contributed by atoms with Crippen molar-refractivity contribution in [2.24, 2.45) is 0 Å². The molecule has 7 heteroatoms. The standard InChI is InChI=1S/C9H8F3NO3/c1-16-8(15)4-5-2-6(9(10,11)12)13-7(14)3-5/h2-3H,4H2,1H3,(H,13,14). The van der Waals surface area contributed by atoms with Crippen LogP contribution in [0.5, 0.6) is 0 Å². The first-order valence-electron chi connectivity index (χ1n) is 4.20. The Morgan fingerprint density at radius 3 is 2.56 bits per heavy atom. The molecule has 4 nitrogen and oxygen atoms in total. The van der Waals surface area contributed by atoms with Crippen LogP contribution in [-0.4, -0.2) is 18.1 Å². The SMILES string of the molecule is COC(=O)Cc1cc(C(F)(F)F)[nH]c(=O)c1. The van der Waals surface area contributed by atoms with Gasteiger partial charge in [-0.3, -0.25) is 9.59 Å². The summed E-state index contributed by atoms with van der Waals surface area (Å²) in [5.74, 6) is -0.710. The van der Waals surface area contributed by atoms with Gasteiger partial charge < -0.3 is 9.72 Å². The van der Waals surface area contributed by atoms with Crippen molar-refractivity contribution in [1.29, 1.82) is 0 Å². The van der Waals surface area contributed by atoms with E-state index in [2.05, 4.69) is 4.74 Å². The molecule has 0 fully saturated rings. The fourth-order valence-electron chi connectivity index (χ4n) is 1.09. The number of alkyl halides is 3. The number of rotatable bonds is 2. The first kappa shape index (κ1) is 12.3. The summed E-state index contributed by atoms with van der Waals surface area (Å²) in [5.41, 5.74) is -2.13. The minimum absolute atomic E-state index is 0.0390. The molecule has 16 heavy (non-hydrogen) atoms. The average Bonchev–Trinajstić information content (AvgIpc) is 2.15. The molecular formula is C9H8F3NO3. The highest BCUT2D eigenvalue weighted by Crippen LogP contribution is 2.27. The molecule has 88 valence electrons. The molecule has 0 aliphatic heterocycles. The Bertz CT molecular complexity index is 450. The first-order chi connectivity index (χ1) is 7.32. The summed E-state index contributed by atoms with van der Waals surface area (Å²) in [5, 5.41) is 0. The molecular weight excluding hydrogens is 227 g/mol. The van der Waals surface area contributed by atoms with Gasteiger partial charge in [0.2, 0.25) is 5.56 Å². The van der Waals surface area contributed by atoms with Crippen molar-refractivity contribution in [3.05, 3.63) is 33.7 Å². The Labute approximate surface area is 88.0 Å². The van der Waals surface area contributed by atoms with Gasteiger partial charge in [-0.15, -0.1) is 0 Å². The summed E-state index contributed by atoms with van der Waals surface area (Å²) in [7, 11) is 1.11. The van der Waals surface area contributed by atoms with E-state index < -0.39 is 23.4 Å². The second-order valence-electron chi connectivity index (χ2n) is 3.02. The molecule has 0 saturated heterocycles. The maximum Gasteiger partial charge on any atom is 0.431 e. The van der Waals surface area contributed by atoms with E-state index in [0.29, 0.717) is 6.07 Å². The molecule has 0 aliphatic rings. The first-order valence-corrected chi connectivity index (χ1v) is 4.20. The lowest BCUT2D eigenvalue weighted by Gasteiger charge is -2.07. The lowest BCUT2D eigenvalue weighted by atomic mass is 10.1. The van der Waals surface area contributed by atoms with Crippen LogP contribution in [-0.2, 0) is 22.1 Å². The molecule has 1 heterocycles. The number of carbonyl (C=O) groups is 1. The zero-order valence-corrected chi connectivity index (χ0v) is 8.22. The second-order valence-corrected chi connectivity index (χ2v) is 3.02. The number of methoxy groups -OCH3 is 1. The lowest BCUT2D eigenvalue weighted by molar-refractivity contribution is -0.142. The topological polar surface area (TPSA) is 59.2 Å². The third-order valence-corrected chi connectivity index (χ3v) is 1.79.